The number of rotatable bonds is 10. The number of para-hydroxylation sites is 1. The Balaban J connectivity index is 3.03. The van der Waals surface area contributed by atoms with Gasteiger partial charge in [-0.05, 0) is 38.3 Å². The van der Waals surface area contributed by atoms with E-state index in [-0.39, 0.29) is 0 Å². The van der Waals surface area contributed by atoms with Crippen LogP contribution in [0.3, 0.4) is 0 Å². The molecule has 2 heteroatoms. The molecule has 1 N–H and O–H groups in total. The molecule has 0 amide bonds. The van der Waals surface area contributed by atoms with Crippen LogP contribution < -0.4 is 10.1 Å². The predicted octanol–water partition coefficient (Wildman–Crippen LogP) is 4.95. The summed E-state index contributed by atoms with van der Waals surface area (Å²) < 4.78 is 5.83. The van der Waals surface area contributed by atoms with Gasteiger partial charge in [0.05, 0.1) is 6.61 Å². The molecule has 1 unspecified atom stereocenters. The summed E-state index contributed by atoms with van der Waals surface area (Å²) in [5.41, 5.74) is 1.32. The van der Waals surface area contributed by atoms with Gasteiger partial charge in [0.1, 0.15) is 5.75 Å². The maximum Gasteiger partial charge on any atom is 0.124 e. The van der Waals surface area contributed by atoms with E-state index in [1.54, 1.807) is 0 Å². The Morgan fingerprint density at radius 2 is 1.65 bits per heavy atom. The molecule has 1 rings (SSSR count). The molecule has 2 nitrogen and oxygen atoms in total. The van der Waals surface area contributed by atoms with Crippen LogP contribution in [0.4, 0.5) is 0 Å². The summed E-state index contributed by atoms with van der Waals surface area (Å²) in [7, 11) is 0. The van der Waals surface area contributed by atoms with Gasteiger partial charge in [-0.3, -0.25) is 0 Å². The normalized spacial score (nSPS) is 12.7. The average Bonchev–Trinajstić information content (AvgIpc) is 2.46. The minimum Gasteiger partial charge on any atom is -0.494 e. The van der Waals surface area contributed by atoms with Crippen molar-refractivity contribution in [2.45, 2.75) is 59.4 Å². The summed E-state index contributed by atoms with van der Waals surface area (Å²) in [4.78, 5) is 0. The van der Waals surface area contributed by atoms with Gasteiger partial charge in [-0.15, -0.1) is 0 Å². The van der Waals surface area contributed by atoms with Crippen LogP contribution in [-0.2, 0) is 0 Å². The molecule has 0 saturated heterocycles. The molecule has 1 aromatic carbocycles. The molecule has 1 aromatic rings. The molecule has 0 saturated carbocycles. The number of hydrogen-bond acceptors (Lipinski definition) is 2. The Bertz CT molecular complexity index is 358. The van der Waals surface area contributed by atoms with Crippen LogP contribution in [0.15, 0.2) is 24.3 Å². The van der Waals surface area contributed by atoms with Crippen molar-refractivity contribution in [1.29, 1.82) is 0 Å². The molecule has 0 spiro atoms. The van der Waals surface area contributed by atoms with Crippen molar-refractivity contribution in [3.8, 4) is 5.75 Å². The quantitative estimate of drug-likeness (QED) is 0.653. The summed E-state index contributed by atoms with van der Waals surface area (Å²) in [5, 5.41) is 3.69. The summed E-state index contributed by atoms with van der Waals surface area (Å²) >= 11 is 0. The fourth-order valence-corrected chi connectivity index (χ4v) is 2.99. The molecule has 0 radical (unpaired) electrons. The fraction of sp³-hybridized carbons (Fsp3) is 0.667. The van der Waals surface area contributed by atoms with Gasteiger partial charge < -0.3 is 10.1 Å². The molecule has 114 valence electrons. The standard InChI is InChI=1S/C18H31NO/c1-5-11-15(12-6-2)18(19-7-3)16-13-9-10-14-17(16)20-8-4/h9-10,13-15,18-19H,5-8,11-12H2,1-4H3. The van der Waals surface area contributed by atoms with E-state index in [4.69, 9.17) is 4.74 Å². The second-order valence-electron chi connectivity index (χ2n) is 5.34. The van der Waals surface area contributed by atoms with Gasteiger partial charge in [0.2, 0.25) is 0 Å². The highest BCUT2D eigenvalue weighted by atomic mass is 16.5. The lowest BCUT2D eigenvalue weighted by molar-refractivity contribution is 0.294. The van der Waals surface area contributed by atoms with E-state index >= 15 is 0 Å². The van der Waals surface area contributed by atoms with Gasteiger partial charge in [-0.25, -0.2) is 0 Å². The third-order valence-corrected chi connectivity index (χ3v) is 3.77. The summed E-state index contributed by atoms with van der Waals surface area (Å²) in [6, 6.07) is 8.90. The van der Waals surface area contributed by atoms with E-state index in [0.29, 0.717) is 12.0 Å². The molecular formula is C18H31NO. The van der Waals surface area contributed by atoms with E-state index in [2.05, 4.69) is 57.3 Å². The Labute approximate surface area is 124 Å². The number of hydrogen-bond donors (Lipinski definition) is 1. The Morgan fingerprint density at radius 3 is 2.20 bits per heavy atom. The van der Waals surface area contributed by atoms with Crippen LogP contribution in [0, 0.1) is 5.92 Å². The van der Waals surface area contributed by atoms with Crippen LogP contribution in [0.5, 0.6) is 5.75 Å². The van der Waals surface area contributed by atoms with E-state index in [1.807, 2.05) is 0 Å². The van der Waals surface area contributed by atoms with E-state index in [9.17, 15) is 0 Å². The third kappa shape index (κ3) is 4.82. The lowest BCUT2D eigenvalue weighted by Crippen LogP contribution is -2.29. The largest absolute Gasteiger partial charge is 0.494 e. The second kappa shape index (κ2) is 9.82. The van der Waals surface area contributed by atoms with Crippen LogP contribution >= 0.6 is 0 Å². The maximum atomic E-state index is 5.83. The van der Waals surface area contributed by atoms with Crippen molar-refractivity contribution in [2.75, 3.05) is 13.2 Å². The minimum atomic E-state index is 0.405. The highest BCUT2D eigenvalue weighted by molar-refractivity contribution is 5.36. The van der Waals surface area contributed by atoms with Crippen molar-refractivity contribution in [3.63, 3.8) is 0 Å². The zero-order valence-electron chi connectivity index (χ0n) is 13.6. The highest BCUT2D eigenvalue weighted by Gasteiger charge is 2.23. The Hall–Kier alpha value is -1.02. The lowest BCUT2D eigenvalue weighted by Gasteiger charge is -2.29. The van der Waals surface area contributed by atoms with E-state index in [1.165, 1.54) is 31.2 Å². The summed E-state index contributed by atoms with van der Waals surface area (Å²) in [6.07, 6.45) is 5.02. The van der Waals surface area contributed by atoms with Crippen molar-refractivity contribution < 1.29 is 4.74 Å². The molecule has 20 heavy (non-hydrogen) atoms. The fourth-order valence-electron chi connectivity index (χ4n) is 2.99. The van der Waals surface area contributed by atoms with Crippen LogP contribution in [0.2, 0.25) is 0 Å². The van der Waals surface area contributed by atoms with Gasteiger partial charge in [-0.2, -0.15) is 0 Å². The first-order valence-electron chi connectivity index (χ1n) is 8.23. The second-order valence-corrected chi connectivity index (χ2v) is 5.34. The molecule has 0 aromatic heterocycles. The van der Waals surface area contributed by atoms with Gasteiger partial charge in [0, 0.05) is 11.6 Å². The van der Waals surface area contributed by atoms with E-state index < -0.39 is 0 Å². The first kappa shape index (κ1) is 17.0. The number of nitrogens with one attached hydrogen (secondary N) is 1. The van der Waals surface area contributed by atoms with Crippen LogP contribution in [0.1, 0.15) is 65.0 Å². The summed E-state index contributed by atoms with van der Waals surface area (Å²) in [6.45, 7) is 10.5. The molecule has 0 aliphatic heterocycles. The van der Waals surface area contributed by atoms with Gasteiger partial charge in [0.25, 0.3) is 0 Å². The molecule has 0 heterocycles. The molecule has 0 bridgehead atoms. The van der Waals surface area contributed by atoms with Crippen LogP contribution in [0.25, 0.3) is 0 Å². The first-order valence-corrected chi connectivity index (χ1v) is 8.23. The van der Waals surface area contributed by atoms with Crippen LogP contribution in [-0.4, -0.2) is 13.2 Å². The van der Waals surface area contributed by atoms with Crippen molar-refractivity contribution in [1.82, 2.24) is 5.32 Å². The predicted molar refractivity (Wildman–Crippen MR) is 87.3 cm³/mol. The average molecular weight is 277 g/mol. The smallest absolute Gasteiger partial charge is 0.124 e. The monoisotopic (exact) mass is 277 g/mol. The molecule has 0 aliphatic rings. The lowest BCUT2D eigenvalue weighted by atomic mass is 9.85. The number of benzene rings is 1. The topological polar surface area (TPSA) is 21.3 Å². The zero-order chi connectivity index (χ0) is 14.8. The van der Waals surface area contributed by atoms with Gasteiger partial charge >= 0.3 is 0 Å². The Morgan fingerprint density at radius 1 is 1.00 bits per heavy atom. The Kier molecular flexibility index (Phi) is 8.36. The highest BCUT2D eigenvalue weighted by Crippen LogP contribution is 2.34. The minimum absolute atomic E-state index is 0.405. The molecule has 0 aliphatic carbocycles. The van der Waals surface area contributed by atoms with Crippen molar-refractivity contribution in [2.24, 2.45) is 5.92 Å². The third-order valence-electron chi connectivity index (χ3n) is 3.77. The van der Waals surface area contributed by atoms with Gasteiger partial charge in [-0.1, -0.05) is 51.8 Å². The van der Waals surface area contributed by atoms with Crippen molar-refractivity contribution >= 4 is 0 Å². The van der Waals surface area contributed by atoms with Gasteiger partial charge in [0.15, 0.2) is 0 Å². The molecule has 1 atom stereocenters. The number of ether oxygens (including phenoxy) is 1. The molecule has 0 fully saturated rings. The zero-order valence-corrected chi connectivity index (χ0v) is 13.6. The summed E-state index contributed by atoms with van der Waals surface area (Å²) in [5.74, 6) is 1.73. The molecular weight excluding hydrogens is 246 g/mol. The van der Waals surface area contributed by atoms with E-state index in [0.717, 1.165) is 18.9 Å². The van der Waals surface area contributed by atoms with Crippen molar-refractivity contribution in [3.05, 3.63) is 29.8 Å². The maximum absolute atomic E-state index is 5.83. The SMILES string of the molecule is CCCC(CCC)C(NCC)c1ccccc1OCC. The first-order chi connectivity index (χ1) is 9.78.